The van der Waals surface area contributed by atoms with Crippen molar-refractivity contribution in [3.05, 3.63) is 100 Å². The molecule has 0 amide bonds. The predicted molar refractivity (Wildman–Crippen MR) is 119 cm³/mol. The van der Waals surface area contributed by atoms with Gasteiger partial charge in [-0.25, -0.2) is 4.85 Å². The summed E-state index contributed by atoms with van der Waals surface area (Å²) in [6.07, 6.45) is 3.12. The lowest BCUT2D eigenvalue weighted by Gasteiger charge is -2.38. The second-order valence-corrected chi connectivity index (χ2v) is 7.88. The van der Waals surface area contributed by atoms with Crippen LogP contribution < -0.4 is 11.2 Å². The Morgan fingerprint density at radius 2 is 1.67 bits per heavy atom. The zero-order valence-electron chi connectivity index (χ0n) is 16.4. The summed E-state index contributed by atoms with van der Waals surface area (Å²) >= 11 is 0. The number of benzene rings is 3. The van der Waals surface area contributed by atoms with E-state index in [4.69, 9.17) is 16.7 Å². The highest BCUT2D eigenvalue weighted by Gasteiger charge is 2.34. The maximum atomic E-state index is 13.6. The van der Waals surface area contributed by atoms with Crippen LogP contribution in [0.5, 0.6) is 0 Å². The molecule has 3 aromatic carbocycles. The van der Waals surface area contributed by atoms with Crippen molar-refractivity contribution >= 4 is 16.7 Å². The minimum Gasteiger partial charge on any atom is -0.455 e. The third kappa shape index (κ3) is 2.92. The molecule has 1 aliphatic carbocycles. The van der Waals surface area contributed by atoms with Gasteiger partial charge >= 0.3 is 0 Å². The second kappa shape index (κ2) is 6.98. The monoisotopic (exact) mass is 392 g/mol. The van der Waals surface area contributed by atoms with Gasteiger partial charge in [-0.05, 0) is 42.5 Å². The van der Waals surface area contributed by atoms with Crippen LogP contribution >= 0.6 is 0 Å². The summed E-state index contributed by atoms with van der Waals surface area (Å²) < 4.78 is 6.22. The zero-order valence-corrected chi connectivity index (χ0v) is 16.4. The van der Waals surface area contributed by atoms with Crippen molar-refractivity contribution in [3.8, 4) is 22.5 Å². The molecule has 0 aliphatic heterocycles. The lowest BCUT2D eigenvalue weighted by atomic mass is 9.72. The van der Waals surface area contributed by atoms with Crippen LogP contribution in [0.4, 0.5) is 5.69 Å². The average Bonchev–Trinajstić information content (AvgIpc) is 2.78. The van der Waals surface area contributed by atoms with Gasteiger partial charge < -0.3 is 10.2 Å². The van der Waals surface area contributed by atoms with Crippen LogP contribution in [0, 0.1) is 6.57 Å². The van der Waals surface area contributed by atoms with E-state index in [1.165, 1.54) is 0 Å². The molecule has 0 saturated heterocycles. The van der Waals surface area contributed by atoms with Crippen LogP contribution in [0.15, 0.2) is 82.0 Å². The molecule has 5 rings (SSSR count). The van der Waals surface area contributed by atoms with Gasteiger partial charge in [0.1, 0.15) is 11.3 Å². The average molecular weight is 392 g/mol. The van der Waals surface area contributed by atoms with Gasteiger partial charge in [0.2, 0.25) is 0 Å². The summed E-state index contributed by atoms with van der Waals surface area (Å²) in [5.74, 6) is 0.530. The van der Waals surface area contributed by atoms with Crippen molar-refractivity contribution in [1.82, 2.24) is 0 Å². The summed E-state index contributed by atoms with van der Waals surface area (Å²) in [6, 6.07) is 22.5. The summed E-state index contributed by atoms with van der Waals surface area (Å²) in [6.45, 7) is 7.27. The number of rotatable bonds is 3. The minimum absolute atomic E-state index is 0.139. The normalized spacial score (nSPS) is 14.8. The molecule has 30 heavy (non-hydrogen) atoms. The van der Waals surface area contributed by atoms with E-state index in [0.717, 1.165) is 36.0 Å². The second-order valence-electron chi connectivity index (χ2n) is 7.88. The largest absolute Gasteiger partial charge is 0.455 e. The van der Waals surface area contributed by atoms with E-state index < -0.39 is 0 Å². The third-order valence-corrected chi connectivity index (χ3v) is 6.03. The molecule has 1 aliphatic rings. The van der Waals surface area contributed by atoms with Crippen molar-refractivity contribution in [2.24, 2.45) is 5.73 Å². The molecule has 1 aromatic heterocycles. The lowest BCUT2D eigenvalue weighted by Crippen LogP contribution is -2.43. The van der Waals surface area contributed by atoms with E-state index in [1.54, 1.807) is 18.2 Å². The van der Waals surface area contributed by atoms with Gasteiger partial charge in [0.15, 0.2) is 11.1 Å². The van der Waals surface area contributed by atoms with E-state index in [9.17, 15) is 4.79 Å². The van der Waals surface area contributed by atoms with Crippen LogP contribution in [0.25, 0.3) is 38.3 Å². The van der Waals surface area contributed by atoms with Crippen LogP contribution in [0.1, 0.15) is 24.8 Å². The summed E-state index contributed by atoms with van der Waals surface area (Å²) in [7, 11) is 0. The molecule has 1 heterocycles. The first kappa shape index (κ1) is 18.4. The Morgan fingerprint density at radius 1 is 0.933 bits per heavy atom. The summed E-state index contributed by atoms with van der Waals surface area (Å²) in [4.78, 5) is 17.0. The SMILES string of the molecule is [C-]#[N+]c1ccc2oc(-c3ccccc3)c(-c3ccc(C4(N)CCC4)cc3)c(=O)c2c1. The van der Waals surface area contributed by atoms with Gasteiger partial charge in [0, 0.05) is 11.1 Å². The predicted octanol–water partition coefficient (Wildman–Crippen LogP) is 6.02. The van der Waals surface area contributed by atoms with Gasteiger partial charge in [-0.1, -0.05) is 60.7 Å². The van der Waals surface area contributed by atoms with E-state index in [1.807, 2.05) is 54.6 Å². The number of hydrogen-bond donors (Lipinski definition) is 1. The van der Waals surface area contributed by atoms with Crippen molar-refractivity contribution < 1.29 is 4.42 Å². The molecule has 4 nitrogen and oxygen atoms in total. The van der Waals surface area contributed by atoms with E-state index in [0.29, 0.717) is 28.0 Å². The van der Waals surface area contributed by atoms with Gasteiger partial charge in [-0.15, -0.1) is 0 Å². The fourth-order valence-corrected chi connectivity index (χ4v) is 4.12. The molecule has 2 N–H and O–H groups in total. The molecular weight excluding hydrogens is 372 g/mol. The smallest absolute Gasteiger partial charge is 0.199 e. The van der Waals surface area contributed by atoms with Crippen molar-refractivity contribution in [2.45, 2.75) is 24.8 Å². The molecule has 1 saturated carbocycles. The Bertz CT molecular complexity index is 1340. The maximum absolute atomic E-state index is 13.6. The van der Waals surface area contributed by atoms with Gasteiger partial charge in [-0.3, -0.25) is 4.79 Å². The van der Waals surface area contributed by atoms with Gasteiger partial charge in [-0.2, -0.15) is 0 Å². The van der Waals surface area contributed by atoms with Crippen molar-refractivity contribution in [1.29, 1.82) is 0 Å². The zero-order chi connectivity index (χ0) is 20.7. The molecule has 146 valence electrons. The molecule has 0 spiro atoms. The first-order valence-corrected chi connectivity index (χ1v) is 10.0. The molecule has 0 bridgehead atoms. The minimum atomic E-state index is -0.251. The first-order valence-electron chi connectivity index (χ1n) is 10.0. The van der Waals surface area contributed by atoms with Gasteiger partial charge in [0.25, 0.3) is 0 Å². The van der Waals surface area contributed by atoms with E-state index >= 15 is 0 Å². The lowest BCUT2D eigenvalue weighted by molar-refractivity contribution is 0.253. The quantitative estimate of drug-likeness (QED) is 0.434. The van der Waals surface area contributed by atoms with Crippen LogP contribution in [0.2, 0.25) is 0 Å². The Balaban J connectivity index is 1.75. The van der Waals surface area contributed by atoms with Gasteiger partial charge in [0.05, 0.1) is 17.5 Å². The highest BCUT2D eigenvalue weighted by Crippen LogP contribution is 2.40. The first-order chi connectivity index (χ1) is 14.6. The van der Waals surface area contributed by atoms with Crippen LogP contribution in [-0.2, 0) is 5.54 Å². The third-order valence-electron chi connectivity index (χ3n) is 6.03. The molecule has 0 unspecified atom stereocenters. The number of nitrogens with zero attached hydrogens (tertiary/aromatic N) is 1. The molecule has 4 aromatic rings. The molecule has 1 fully saturated rings. The highest BCUT2D eigenvalue weighted by molar-refractivity contribution is 5.90. The fraction of sp³-hybridized carbons (Fsp3) is 0.154. The van der Waals surface area contributed by atoms with E-state index in [-0.39, 0.29) is 11.0 Å². The summed E-state index contributed by atoms with van der Waals surface area (Å²) in [5.41, 5.74) is 10.2. The van der Waals surface area contributed by atoms with Crippen LogP contribution in [-0.4, -0.2) is 0 Å². The van der Waals surface area contributed by atoms with Crippen molar-refractivity contribution in [3.63, 3.8) is 0 Å². The Hall–Kier alpha value is -3.68. The standard InChI is InChI=1S/C26H20N2O2/c1-28-20-12-13-22-21(16-20)24(29)23(25(30-22)18-6-3-2-4-7-18)17-8-10-19(11-9-17)26(27)14-5-15-26/h2-4,6-13,16H,5,14-15,27H2. The molecule has 4 heteroatoms. The molecular formula is C26H20N2O2. The number of nitrogens with two attached hydrogens (primary N) is 1. The fourth-order valence-electron chi connectivity index (χ4n) is 4.12. The maximum Gasteiger partial charge on any atom is 0.199 e. The molecule has 0 atom stereocenters. The summed E-state index contributed by atoms with van der Waals surface area (Å²) in [5, 5.41) is 0.413. The highest BCUT2D eigenvalue weighted by atomic mass is 16.3. The Labute approximate surface area is 174 Å². The Morgan fingerprint density at radius 3 is 2.30 bits per heavy atom. The van der Waals surface area contributed by atoms with E-state index in [2.05, 4.69) is 4.85 Å². The molecule has 0 radical (unpaired) electrons. The number of hydrogen-bond acceptors (Lipinski definition) is 3. The van der Waals surface area contributed by atoms with Crippen LogP contribution in [0.3, 0.4) is 0 Å². The topological polar surface area (TPSA) is 60.6 Å². The Kier molecular flexibility index (Phi) is 4.27. The number of fused-ring (bicyclic) bond motifs is 1. The van der Waals surface area contributed by atoms with Crippen molar-refractivity contribution in [2.75, 3.05) is 0 Å².